The zero-order valence-electron chi connectivity index (χ0n) is 9.72. The molecule has 0 atom stereocenters. The third-order valence-electron chi connectivity index (χ3n) is 2.03. The zero-order valence-corrected chi connectivity index (χ0v) is 9.72. The van der Waals surface area contributed by atoms with Gasteiger partial charge in [0.2, 0.25) is 0 Å². The normalized spacial score (nSPS) is 10.4. The lowest BCUT2D eigenvalue weighted by atomic mass is 10.2. The maximum absolute atomic E-state index is 11.1. The monoisotopic (exact) mass is 219 g/mol. The van der Waals surface area contributed by atoms with Crippen molar-refractivity contribution < 1.29 is 9.53 Å². The smallest absolute Gasteiger partial charge is 0.332 e. The van der Waals surface area contributed by atoms with E-state index in [2.05, 4.69) is 12.1 Å². The maximum Gasteiger partial charge on any atom is 0.332 e. The molecule has 0 bridgehead atoms. The molecule has 3 nitrogen and oxygen atoms in total. The quantitative estimate of drug-likeness (QED) is 0.561. The highest BCUT2D eigenvalue weighted by Gasteiger charge is 1.97. The summed E-state index contributed by atoms with van der Waals surface area (Å²) in [5.74, 6) is -0.303. The van der Waals surface area contributed by atoms with Crippen molar-refractivity contribution in [1.29, 1.82) is 0 Å². The molecule has 1 rings (SSSR count). The topological polar surface area (TPSA) is 29.5 Å². The minimum Gasteiger partial charge on any atom is -0.463 e. The Morgan fingerprint density at radius 3 is 2.69 bits per heavy atom. The largest absolute Gasteiger partial charge is 0.463 e. The molecule has 0 spiro atoms. The van der Waals surface area contributed by atoms with Crippen LogP contribution >= 0.6 is 0 Å². The van der Waals surface area contributed by atoms with Crippen molar-refractivity contribution in [1.82, 2.24) is 4.90 Å². The van der Waals surface area contributed by atoms with Crippen molar-refractivity contribution in [2.24, 2.45) is 0 Å². The second kappa shape index (κ2) is 6.67. The molecular formula is C13H17NO2. The first-order chi connectivity index (χ1) is 7.72. The van der Waals surface area contributed by atoms with Crippen LogP contribution in [-0.2, 0) is 16.1 Å². The fraction of sp³-hybridized carbons (Fsp3) is 0.308. The molecule has 0 aromatic heterocycles. The Balaban J connectivity index is 2.41. The molecule has 1 aromatic carbocycles. The number of hydrogen-bond donors (Lipinski definition) is 0. The molecule has 0 aliphatic carbocycles. The second-order valence-electron chi connectivity index (χ2n) is 3.47. The van der Waals surface area contributed by atoms with Gasteiger partial charge < -0.3 is 9.64 Å². The Labute approximate surface area is 96.3 Å². The van der Waals surface area contributed by atoms with Crippen LogP contribution in [0.2, 0.25) is 0 Å². The summed E-state index contributed by atoms with van der Waals surface area (Å²) in [6.45, 7) is 2.97. The van der Waals surface area contributed by atoms with Gasteiger partial charge in [0.15, 0.2) is 0 Å². The van der Waals surface area contributed by atoms with Gasteiger partial charge in [0.1, 0.15) is 0 Å². The molecule has 16 heavy (non-hydrogen) atoms. The summed E-state index contributed by atoms with van der Waals surface area (Å²) in [6, 6.07) is 10.1. The van der Waals surface area contributed by atoms with E-state index in [1.807, 2.05) is 30.1 Å². The predicted octanol–water partition coefficient (Wildman–Crippen LogP) is 2.20. The van der Waals surface area contributed by atoms with Gasteiger partial charge in [0, 0.05) is 25.9 Å². The number of carbonyl (C=O) groups excluding carboxylic acids is 1. The predicted molar refractivity (Wildman–Crippen MR) is 63.7 cm³/mol. The first-order valence-electron chi connectivity index (χ1n) is 5.31. The number of benzene rings is 1. The Morgan fingerprint density at radius 2 is 2.06 bits per heavy atom. The Hall–Kier alpha value is -1.77. The van der Waals surface area contributed by atoms with Gasteiger partial charge >= 0.3 is 5.97 Å². The van der Waals surface area contributed by atoms with Crippen LogP contribution in [0.3, 0.4) is 0 Å². The van der Waals surface area contributed by atoms with Crippen LogP contribution in [0.15, 0.2) is 42.6 Å². The first kappa shape index (κ1) is 12.3. The molecule has 0 N–H and O–H groups in total. The molecule has 86 valence electrons. The minimum atomic E-state index is -0.303. The third-order valence-corrected chi connectivity index (χ3v) is 2.03. The van der Waals surface area contributed by atoms with Crippen molar-refractivity contribution in [3.05, 3.63) is 48.2 Å². The molecule has 0 radical (unpaired) electrons. The van der Waals surface area contributed by atoms with E-state index < -0.39 is 0 Å². The van der Waals surface area contributed by atoms with Crippen LogP contribution in [-0.4, -0.2) is 24.5 Å². The van der Waals surface area contributed by atoms with Crippen LogP contribution in [0.4, 0.5) is 0 Å². The lowest BCUT2D eigenvalue weighted by Gasteiger charge is -2.13. The van der Waals surface area contributed by atoms with Gasteiger partial charge in [-0.2, -0.15) is 0 Å². The van der Waals surface area contributed by atoms with Gasteiger partial charge in [-0.1, -0.05) is 30.3 Å². The van der Waals surface area contributed by atoms with Gasteiger partial charge in [0.05, 0.1) is 6.61 Å². The molecule has 0 aliphatic heterocycles. The number of rotatable bonds is 5. The van der Waals surface area contributed by atoms with E-state index >= 15 is 0 Å². The summed E-state index contributed by atoms with van der Waals surface area (Å²) in [7, 11) is 1.92. The molecule has 0 saturated carbocycles. The maximum atomic E-state index is 11.1. The number of ether oxygens (including phenoxy) is 1. The Bertz CT molecular complexity index is 346. The summed E-state index contributed by atoms with van der Waals surface area (Å²) < 4.78 is 4.79. The number of nitrogens with zero attached hydrogens (tertiary/aromatic N) is 1. The minimum absolute atomic E-state index is 0.303. The summed E-state index contributed by atoms with van der Waals surface area (Å²) in [5, 5.41) is 0. The Kier molecular flexibility index (Phi) is 5.12. The van der Waals surface area contributed by atoms with E-state index in [4.69, 9.17) is 4.74 Å². The van der Waals surface area contributed by atoms with Crippen molar-refractivity contribution in [3.8, 4) is 0 Å². The summed E-state index contributed by atoms with van der Waals surface area (Å²) in [5.41, 5.74) is 1.21. The van der Waals surface area contributed by atoms with E-state index in [1.54, 1.807) is 13.1 Å². The van der Waals surface area contributed by atoms with E-state index in [-0.39, 0.29) is 5.97 Å². The number of esters is 1. The van der Waals surface area contributed by atoms with E-state index in [1.165, 1.54) is 11.6 Å². The molecular weight excluding hydrogens is 202 g/mol. The van der Waals surface area contributed by atoms with E-state index in [9.17, 15) is 4.79 Å². The lowest BCUT2D eigenvalue weighted by Crippen LogP contribution is -2.11. The van der Waals surface area contributed by atoms with Crippen LogP contribution in [0, 0.1) is 0 Å². The first-order valence-corrected chi connectivity index (χ1v) is 5.31. The van der Waals surface area contributed by atoms with Gasteiger partial charge in [-0.15, -0.1) is 0 Å². The van der Waals surface area contributed by atoms with Crippen LogP contribution < -0.4 is 0 Å². The van der Waals surface area contributed by atoms with Gasteiger partial charge in [-0.25, -0.2) is 4.79 Å². The average Bonchev–Trinajstić information content (AvgIpc) is 2.28. The summed E-state index contributed by atoms with van der Waals surface area (Å²) >= 11 is 0. The van der Waals surface area contributed by atoms with Crippen molar-refractivity contribution in [2.75, 3.05) is 13.7 Å². The summed E-state index contributed by atoms with van der Waals surface area (Å²) in [6.07, 6.45) is 3.16. The average molecular weight is 219 g/mol. The molecule has 3 heteroatoms. The molecule has 1 aromatic rings. The van der Waals surface area contributed by atoms with Crippen LogP contribution in [0.25, 0.3) is 0 Å². The van der Waals surface area contributed by atoms with Crippen molar-refractivity contribution >= 4 is 5.97 Å². The number of hydrogen-bond acceptors (Lipinski definition) is 3. The summed E-state index contributed by atoms with van der Waals surface area (Å²) in [4.78, 5) is 13.0. The molecule has 0 amide bonds. The highest BCUT2D eigenvalue weighted by atomic mass is 16.5. The van der Waals surface area contributed by atoms with E-state index in [0.717, 1.165) is 6.54 Å². The fourth-order valence-electron chi connectivity index (χ4n) is 1.30. The molecule has 0 unspecified atom stereocenters. The van der Waals surface area contributed by atoms with Crippen molar-refractivity contribution in [2.45, 2.75) is 13.5 Å². The molecule has 0 aliphatic rings. The zero-order chi connectivity index (χ0) is 11.8. The highest BCUT2D eigenvalue weighted by Crippen LogP contribution is 2.02. The standard InChI is InChI=1S/C13H17NO2/c1-3-16-13(15)9-10-14(2)11-12-7-5-4-6-8-12/h4-10H,3,11H2,1-2H3. The molecule has 0 heterocycles. The van der Waals surface area contributed by atoms with E-state index in [0.29, 0.717) is 6.61 Å². The number of carbonyl (C=O) groups is 1. The fourth-order valence-corrected chi connectivity index (χ4v) is 1.30. The highest BCUT2D eigenvalue weighted by molar-refractivity contribution is 5.81. The SMILES string of the molecule is CCOC(=O)C=CN(C)Cc1ccccc1. The second-order valence-corrected chi connectivity index (χ2v) is 3.47. The van der Waals surface area contributed by atoms with Gasteiger partial charge in [-0.05, 0) is 12.5 Å². The van der Waals surface area contributed by atoms with Crippen LogP contribution in [0.5, 0.6) is 0 Å². The lowest BCUT2D eigenvalue weighted by molar-refractivity contribution is -0.137. The molecule has 0 saturated heterocycles. The van der Waals surface area contributed by atoms with Gasteiger partial charge in [-0.3, -0.25) is 0 Å². The third kappa shape index (κ3) is 4.64. The van der Waals surface area contributed by atoms with Crippen molar-refractivity contribution in [3.63, 3.8) is 0 Å². The Morgan fingerprint density at radius 1 is 1.38 bits per heavy atom. The van der Waals surface area contributed by atoms with Gasteiger partial charge in [0.25, 0.3) is 0 Å². The van der Waals surface area contributed by atoms with Crippen LogP contribution in [0.1, 0.15) is 12.5 Å². The molecule has 0 fully saturated rings.